The lowest BCUT2D eigenvalue weighted by Gasteiger charge is -2.16. The second-order valence-electron chi connectivity index (χ2n) is 4.43. The topological polar surface area (TPSA) is 41.1 Å². The Morgan fingerprint density at radius 2 is 1.86 bits per heavy atom. The normalized spacial score (nSPS) is 11.1. The summed E-state index contributed by atoms with van der Waals surface area (Å²) < 4.78 is 39.7. The monoisotopic (exact) mass is 328 g/mol. The van der Waals surface area contributed by atoms with Gasteiger partial charge in [0.25, 0.3) is 0 Å². The predicted octanol–water partition coefficient (Wildman–Crippen LogP) is 4.64. The Bertz CT molecular complexity index is 702. The van der Waals surface area contributed by atoms with E-state index < -0.39 is 11.7 Å². The maximum atomic E-state index is 13.2. The molecule has 0 bridgehead atoms. The second kappa shape index (κ2) is 6.27. The number of hydrogen-bond donors (Lipinski definition) is 2. The summed E-state index contributed by atoms with van der Waals surface area (Å²) in [5, 5.41) is 4.94. The highest BCUT2D eigenvalue weighted by Gasteiger charge is 2.36. The van der Waals surface area contributed by atoms with Crippen LogP contribution >= 0.6 is 11.6 Å². The van der Waals surface area contributed by atoms with Crippen molar-refractivity contribution in [1.82, 2.24) is 0 Å². The van der Waals surface area contributed by atoms with Crippen LogP contribution in [-0.4, -0.2) is 13.5 Å². The number of carbonyl (C=O) groups is 1. The number of benzene rings is 2. The summed E-state index contributed by atoms with van der Waals surface area (Å²) in [6.07, 6.45) is -4.07. The minimum atomic E-state index is -4.56. The third kappa shape index (κ3) is 3.17. The van der Waals surface area contributed by atoms with Crippen LogP contribution in [0.4, 0.5) is 24.5 Å². The first-order valence-electron chi connectivity index (χ1n) is 6.26. The fraction of sp³-hybridized carbons (Fsp3) is 0.133. The van der Waals surface area contributed by atoms with Crippen LogP contribution in [0, 0.1) is 0 Å². The van der Waals surface area contributed by atoms with Gasteiger partial charge in [-0.2, -0.15) is 13.2 Å². The molecule has 0 atom stereocenters. The smallest absolute Gasteiger partial charge is 0.386 e. The lowest BCUT2D eigenvalue weighted by atomic mass is 9.98. The molecule has 0 fully saturated rings. The zero-order valence-electron chi connectivity index (χ0n) is 11.5. The molecule has 0 saturated carbocycles. The van der Waals surface area contributed by atoms with Gasteiger partial charge in [-0.1, -0.05) is 29.8 Å². The van der Waals surface area contributed by atoms with E-state index in [9.17, 15) is 18.0 Å². The number of halogens is 4. The molecule has 0 spiro atoms. The van der Waals surface area contributed by atoms with Gasteiger partial charge in [-0.25, -0.2) is 0 Å². The number of hydrogen-bond acceptors (Lipinski definition) is 2. The lowest BCUT2D eigenvalue weighted by Crippen LogP contribution is -2.08. The molecule has 7 heteroatoms. The first-order valence-corrected chi connectivity index (χ1v) is 6.64. The Hall–Kier alpha value is -2.21. The number of carbonyl (C=O) groups excluding carboxylic acids is 1. The molecule has 0 heterocycles. The largest absolute Gasteiger partial charge is 0.418 e. The summed E-state index contributed by atoms with van der Waals surface area (Å²) in [4.78, 5) is 10.5. The maximum absolute atomic E-state index is 13.2. The van der Waals surface area contributed by atoms with E-state index in [0.717, 1.165) is 0 Å². The van der Waals surface area contributed by atoms with Crippen molar-refractivity contribution in [3.05, 3.63) is 47.0 Å². The van der Waals surface area contributed by atoms with E-state index in [1.165, 1.54) is 36.4 Å². The minimum Gasteiger partial charge on any atom is -0.386 e. The van der Waals surface area contributed by atoms with Gasteiger partial charge in [-0.15, -0.1) is 0 Å². The van der Waals surface area contributed by atoms with Gasteiger partial charge in [-0.3, -0.25) is 4.79 Å². The molecule has 3 nitrogen and oxygen atoms in total. The Labute approximate surface area is 130 Å². The average Bonchev–Trinajstić information content (AvgIpc) is 2.46. The second-order valence-corrected chi connectivity index (χ2v) is 4.84. The number of amides is 1. The standard InChI is InChI=1S/C15H12ClF3N2O/c1-20-13-7-9(5-6-12(13)21-8-22)10-3-2-4-11(16)14(10)15(17,18)19/h2-8,20H,1H3,(H,21,22). The van der Waals surface area contributed by atoms with Crippen molar-refractivity contribution in [2.24, 2.45) is 0 Å². The van der Waals surface area contributed by atoms with E-state index in [-0.39, 0.29) is 10.6 Å². The van der Waals surface area contributed by atoms with E-state index in [4.69, 9.17) is 11.6 Å². The van der Waals surface area contributed by atoms with Crippen molar-refractivity contribution in [3.8, 4) is 11.1 Å². The van der Waals surface area contributed by atoms with Gasteiger partial charge in [0.1, 0.15) is 0 Å². The number of alkyl halides is 3. The van der Waals surface area contributed by atoms with Crippen LogP contribution in [0.5, 0.6) is 0 Å². The molecule has 2 aromatic carbocycles. The van der Waals surface area contributed by atoms with Crippen LogP contribution in [0.2, 0.25) is 5.02 Å². The average molecular weight is 329 g/mol. The van der Waals surface area contributed by atoms with Gasteiger partial charge < -0.3 is 10.6 Å². The van der Waals surface area contributed by atoms with Gasteiger partial charge in [0, 0.05) is 7.05 Å². The van der Waals surface area contributed by atoms with Crippen molar-refractivity contribution in [1.29, 1.82) is 0 Å². The molecule has 22 heavy (non-hydrogen) atoms. The molecule has 0 unspecified atom stereocenters. The first kappa shape index (κ1) is 16.2. The molecular weight excluding hydrogens is 317 g/mol. The van der Waals surface area contributed by atoms with Crippen LogP contribution < -0.4 is 10.6 Å². The molecule has 1 amide bonds. The van der Waals surface area contributed by atoms with Gasteiger partial charge in [0.15, 0.2) is 0 Å². The Morgan fingerprint density at radius 1 is 1.14 bits per heavy atom. The van der Waals surface area contributed by atoms with E-state index in [2.05, 4.69) is 10.6 Å². The lowest BCUT2D eigenvalue weighted by molar-refractivity contribution is -0.137. The molecular formula is C15H12ClF3N2O. The molecule has 0 aromatic heterocycles. The van der Waals surface area contributed by atoms with Crippen LogP contribution in [0.1, 0.15) is 5.56 Å². The van der Waals surface area contributed by atoms with Crippen LogP contribution in [0.15, 0.2) is 36.4 Å². The fourth-order valence-corrected chi connectivity index (χ4v) is 2.44. The SMILES string of the molecule is CNc1cc(-c2cccc(Cl)c2C(F)(F)F)ccc1NC=O. The number of rotatable bonds is 4. The molecule has 2 rings (SSSR count). The minimum absolute atomic E-state index is 0.0193. The van der Waals surface area contributed by atoms with Crippen molar-refractivity contribution in [2.45, 2.75) is 6.18 Å². The summed E-state index contributed by atoms with van der Waals surface area (Å²) in [5.41, 5.74) is 0.411. The third-order valence-corrected chi connectivity index (χ3v) is 3.43. The van der Waals surface area contributed by atoms with Crippen LogP contribution in [0.25, 0.3) is 11.1 Å². The molecule has 0 radical (unpaired) electrons. The van der Waals surface area contributed by atoms with E-state index in [1.807, 2.05) is 0 Å². The van der Waals surface area contributed by atoms with Gasteiger partial charge in [0.2, 0.25) is 6.41 Å². The van der Waals surface area contributed by atoms with Crippen LogP contribution in [-0.2, 0) is 11.0 Å². The predicted molar refractivity (Wildman–Crippen MR) is 81.1 cm³/mol. The van der Waals surface area contributed by atoms with Crippen molar-refractivity contribution in [3.63, 3.8) is 0 Å². The van der Waals surface area contributed by atoms with Crippen molar-refractivity contribution < 1.29 is 18.0 Å². The molecule has 0 aliphatic carbocycles. The van der Waals surface area contributed by atoms with E-state index in [1.54, 1.807) is 7.05 Å². The number of anilines is 2. The summed E-state index contributed by atoms with van der Waals surface area (Å²) in [6, 6.07) is 8.56. The Balaban J connectivity index is 2.62. The molecule has 2 aromatic rings. The van der Waals surface area contributed by atoms with Gasteiger partial charge >= 0.3 is 6.18 Å². The van der Waals surface area contributed by atoms with Gasteiger partial charge in [-0.05, 0) is 29.3 Å². The van der Waals surface area contributed by atoms with Gasteiger partial charge in [0.05, 0.1) is 22.0 Å². The maximum Gasteiger partial charge on any atom is 0.418 e. The zero-order valence-corrected chi connectivity index (χ0v) is 12.2. The Kier molecular flexibility index (Phi) is 4.61. The van der Waals surface area contributed by atoms with E-state index >= 15 is 0 Å². The molecule has 0 aliphatic heterocycles. The van der Waals surface area contributed by atoms with Crippen molar-refractivity contribution in [2.75, 3.05) is 17.7 Å². The highest BCUT2D eigenvalue weighted by Crippen LogP contribution is 2.42. The highest BCUT2D eigenvalue weighted by molar-refractivity contribution is 6.31. The van der Waals surface area contributed by atoms with Crippen LogP contribution in [0.3, 0.4) is 0 Å². The molecule has 2 N–H and O–H groups in total. The van der Waals surface area contributed by atoms with E-state index in [0.29, 0.717) is 23.3 Å². The molecule has 0 aliphatic rings. The summed E-state index contributed by atoms with van der Waals surface area (Å²) in [7, 11) is 1.61. The fourth-order valence-electron chi connectivity index (χ4n) is 2.16. The quantitative estimate of drug-likeness (QED) is 0.803. The first-order chi connectivity index (χ1) is 10.4. The summed E-state index contributed by atoms with van der Waals surface area (Å²) >= 11 is 5.72. The molecule has 0 saturated heterocycles. The number of nitrogens with one attached hydrogen (secondary N) is 2. The summed E-state index contributed by atoms with van der Waals surface area (Å²) in [6.45, 7) is 0. The Morgan fingerprint density at radius 3 is 2.45 bits per heavy atom. The van der Waals surface area contributed by atoms with Crippen molar-refractivity contribution >= 4 is 29.4 Å². The molecule has 116 valence electrons. The summed E-state index contributed by atoms with van der Waals surface area (Å²) in [5.74, 6) is 0. The third-order valence-electron chi connectivity index (χ3n) is 3.11. The zero-order chi connectivity index (χ0) is 16.3. The highest BCUT2D eigenvalue weighted by atomic mass is 35.5.